The highest BCUT2D eigenvalue weighted by atomic mass is 35.5. The fourth-order valence-electron chi connectivity index (χ4n) is 1.19. The third kappa shape index (κ3) is 1.38. The molecule has 0 saturated heterocycles. The predicted molar refractivity (Wildman–Crippen MR) is 50.3 cm³/mol. The van der Waals surface area contributed by atoms with Crippen molar-refractivity contribution in [3.63, 3.8) is 0 Å². The Morgan fingerprint density at radius 1 is 1.31 bits per heavy atom. The molecule has 0 bridgehead atoms. The van der Waals surface area contributed by atoms with Gasteiger partial charge in [-0.1, -0.05) is 11.6 Å². The second-order valence-corrected chi connectivity index (χ2v) is 2.97. The molecule has 0 aromatic heterocycles. The Labute approximate surface area is 80.5 Å². The number of benzene rings is 1. The minimum absolute atomic E-state index is 0.458. The second kappa shape index (κ2) is 3.32. The van der Waals surface area contributed by atoms with Gasteiger partial charge in [0.05, 0.1) is 5.69 Å². The Bertz CT molecular complexity index is 330. The third-order valence-electron chi connectivity index (χ3n) is 1.80. The number of halogens is 1. The Morgan fingerprint density at radius 2 is 2.08 bits per heavy atom. The highest BCUT2D eigenvalue weighted by molar-refractivity contribution is 6.35. The van der Waals surface area contributed by atoms with Crippen molar-refractivity contribution in [2.75, 3.05) is 18.6 Å². The number of rotatable bonds is 1. The van der Waals surface area contributed by atoms with Crippen LogP contribution in [0.3, 0.4) is 0 Å². The van der Waals surface area contributed by atoms with Crippen LogP contribution in [0.15, 0.2) is 12.1 Å². The van der Waals surface area contributed by atoms with Crippen LogP contribution in [0.1, 0.15) is 0 Å². The largest absolute Gasteiger partial charge is 0.486 e. The molecule has 2 rings (SSSR count). The SMILES string of the molecule is NNc1ccc2c(c1Cl)OCCO2. The van der Waals surface area contributed by atoms with Crippen LogP contribution in [0.5, 0.6) is 11.5 Å². The van der Waals surface area contributed by atoms with E-state index in [1.807, 2.05) is 0 Å². The van der Waals surface area contributed by atoms with Crippen molar-refractivity contribution in [3.8, 4) is 11.5 Å². The van der Waals surface area contributed by atoms with Gasteiger partial charge in [-0.05, 0) is 12.1 Å². The van der Waals surface area contributed by atoms with Crippen LogP contribution in [-0.2, 0) is 0 Å². The van der Waals surface area contributed by atoms with Crippen LogP contribution in [-0.4, -0.2) is 13.2 Å². The molecule has 3 N–H and O–H groups in total. The van der Waals surface area contributed by atoms with E-state index in [0.29, 0.717) is 35.4 Å². The maximum atomic E-state index is 5.98. The van der Waals surface area contributed by atoms with Crippen molar-refractivity contribution >= 4 is 17.3 Å². The molecule has 0 aliphatic carbocycles. The normalized spacial score (nSPS) is 14.0. The molecule has 1 aromatic rings. The molecule has 0 amide bonds. The summed E-state index contributed by atoms with van der Waals surface area (Å²) in [6, 6.07) is 3.52. The van der Waals surface area contributed by atoms with Crippen LogP contribution >= 0.6 is 11.6 Å². The molecular weight excluding hydrogens is 192 g/mol. The van der Waals surface area contributed by atoms with Crippen molar-refractivity contribution in [3.05, 3.63) is 17.2 Å². The molecule has 0 fully saturated rings. The summed E-state index contributed by atoms with van der Waals surface area (Å²) in [5.74, 6) is 6.47. The Morgan fingerprint density at radius 3 is 2.85 bits per heavy atom. The van der Waals surface area contributed by atoms with Gasteiger partial charge in [-0.3, -0.25) is 5.84 Å². The lowest BCUT2D eigenvalue weighted by Gasteiger charge is -2.20. The van der Waals surface area contributed by atoms with Gasteiger partial charge in [0.2, 0.25) is 0 Å². The van der Waals surface area contributed by atoms with Gasteiger partial charge in [-0.25, -0.2) is 0 Å². The lowest BCUT2D eigenvalue weighted by Crippen LogP contribution is -2.16. The van der Waals surface area contributed by atoms with Crippen LogP contribution < -0.4 is 20.7 Å². The van der Waals surface area contributed by atoms with Gasteiger partial charge in [0, 0.05) is 0 Å². The lowest BCUT2D eigenvalue weighted by molar-refractivity contribution is 0.172. The quantitative estimate of drug-likeness (QED) is 0.532. The fraction of sp³-hybridized carbons (Fsp3) is 0.250. The van der Waals surface area contributed by atoms with E-state index in [9.17, 15) is 0 Å². The Balaban J connectivity index is 2.48. The molecular formula is C8H9ClN2O2. The van der Waals surface area contributed by atoms with Crippen molar-refractivity contribution in [2.24, 2.45) is 5.84 Å². The maximum absolute atomic E-state index is 5.98. The number of anilines is 1. The van der Waals surface area contributed by atoms with Gasteiger partial charge in [-0.2, -0.15) is 0 Å². The van der Waals surface area contributed by atoms with Gasteiger partial charge in [0.25, 0.3) is 0 Å². The molecule has 0 saturated carbocycles. The smallest absolute Gasteiger partial charge is 0.182 e. The summed E-state index contributed by atoms with van der Waals surface area (Å²) in [6.45, 7) is 1.07. The maximum Gasteiger partial charge on any atom is 0.182 e. The van der Waals surface area contributed by atoms with E-state index >= 15 is 0 Å². The zero-order valence-electron chi connectivity index (χ0n) is 6.84. The molecule has 1 heterocycles. The van der Waals surface area contributed by atoms with E-state index in [0.717, 1.165) is 0 Å². The van der Waals surface area contributed by atoms with E-state index in [-0.39, 0.29) is 0 Å². The second-order valence-electron chi connectivity index (χ2n) is 2.60. The summed E-state index contributed by atoms with van der Waals surface area (Å²) in [7, 11) is 0. The third-order valence-corrected chi connectivity index (χ3v) is 2.18. The van der Waals surface area contributed by atoms with Gasteiger partial charge < -0.3 is 14.9 Å². The number of hydrazine groups is 1. The Kier molecular flexibility index (Phi) is 2.16. The average molecular weight is 201 g/mol. The summed E-state index contributed by atoms with van der Waals surface area (Å²) >= 11 is 5.98. The van der Waals surface area contributed by atoms with Gasteiger partial charge in [0.1, 0.15) is 18.2 Å². The molecule has 5 heteroatoms. The number of nitrogens with one attached hydrogen (secondary N) is 1. The number of nitrogen functional groups attached to an aromatic ring is 1. The topological polar surface area (TPSA) is 56.5 Å². The summed E-state index contributed by atoms with van der Waals surface area (Å²) in [5, 5.41) is 0.458. The number of nitrogens with two attached hydrogens (primary N) is 1. The molecule has 0 radical (unpaired) electrons. The van der Waals surface area contributed by atoms with E-state index in [1.54, 1.807) is 12.1 Å². The highest BCUT2D eigenvalue weighted by Gasteiger charge is 2.17. The van der Waals surface area contributed by atoms with Gasteiger partial charge >= 0.3 is 0 Å². The van der Waals surface area contributed by atoms with Crippen molar-refractivity contribution in [1.82, 2.24) is 0 Å². The van der Waals surface area contributed by atoms with Crippen LogP contribution in [0, 0.1) is 0 Å². The minimum atomic E-state index is 0.458. The lowest BCUT2D eigenvalue weighted by atomic mass is 10.2. The van der Waals surface area contributed by atoms with Crippen LogP contribution in [0.25, 0.3) is 0 Å². The molecule has 0 atom stereocenters. The standard InChI is InChI=1S/C8H9ClN2O2/c9-7-5(11-10)1-2-6-8(7)13-4-3-12-6/h1-2,11H,3-4,10H2. The molecule has 4 nitrogen and oxygen atoms in total. The number of hydrogen-bond acceptors (Lipinski definition) is 4. The van der Waals surface area contributed by atoms with E-state index in [2.05, 4.69) is 5.43 Å². The minimum Gasteiger partial charge on any atom is -0.486 e. The monoisotopic (exact) mass is 200 g/mol. The van der Waals surface area contributed by atoms with Crippen LogP contribution in [0.2, 0.25) is 5.02 Å². The van der Waals surface area contributed by atoms with Gasteiger partial charge in [0.15, 0.2) is 11.5 Å². The zero-order valence-corrected chi connectivity index (χ0v) is 7.60. The molecule has 0 unspecified atom stereocenters. The van der Waals surface area contributed by atoms with E-state index in [4.69, 9.17) is 26.9 Å². The van der Waals surface area contributed by atoms with E-state index in [1.165, 1.54) is 0 Å². The first-order valence-electron chi connectivity index (χ1n) is 3.87. The highest BCUT2D eigenvalue weighted by Crippen LogP contribution is 2.41. The predicted octanol–water partition coefficient (Wildman–Crippen LogP) is 1.40. The average Bonchev–Trinajstić information content (AvgIpc) is 2.19. The fourth-order valence-corrected chi connectivity index (χ4v) is 1.46. The van der Waals surface area contributed by atoms with Crippen molar-refractivity contribution in [1.29, 1.82) is 0 Å². The molecule has 1 aromatic carbocycles. The summed E-state index contributed by atoms with van der Waals surface area (Å²) < 4.78 is 10.7. The molecule has 13 heavy (non-hydrogen) atoms. The van der Waals surface area contributed by atoms with Crippen LogP contribution in [0.4, 0.5) is 5.69 Å². The molecule has 1 aliphatic rings. The first kappa shape index (κ1) is 8.47. The number of hydrogen-bond donors (Lipinski definition) is 2. The van der Waals surface area contributed by atoms with Crippen molar-refractivity contribution < 1.29 is 9.47 Å². The number of ether oxygens (including phenoxy) is 2. The van der Waals surface area contributed by atoms with Gasteiger partial charge in [-0.15, -0.1) is 0 Å². The first-order chi connectivity index (χ1) is 6.33. The zero-order chi connectivity index (χ0) is 9.26. The Hall–Kier alpha value is -1.13. The summed E-state index contributed by atoms with van der Waals surface area (Å²) in [5.41, 5.74) is 3.11. The molecule has 70 valence electrons. The summed E-state index contributed by atoms with van der Waals surface area (Å²) in [6.07, 6.45) is 0. The molecule has 1 aliphatic heterocycles. The van der Waals surface area contributed by atoms with E-state index < -0.39 is 0 Å². The molecule has 0 spiro atoms. The number of fused-ring (bicyclic) bond motifs is 1. The first-order valence-corrected chi connectivity index (χ1v) is 4.25. The summed E-state index contributed by atoms with van der Waals surface area (Å²) in [4.78, 5) is 0. The van der Waals surface area contributed by atoms with Crippen molar-refractivity contribution in [2.45, 2.75) is 0 Å².